The minimum atomic E-state index is -1.53. The molecule has 0 unspecified atom stereocenters. The largest absolute Gasteiger partial charge is 0.313 e. The molecule has 0 heterocycles. The van der Waals surface area contributed by atoms with Crippen molar-refractivity contribution in [1.82, 2.24) is 5.32 Å². The highest BCUT2D eigenvalue weighted by molar-refractivity contribution is 5.64. The lowest BCUT2D eigenvalue weighted by atomic mass is 10.0. The van der Waals surface area contributed by atoms with Gasteiger partial charge in [0.05, 0.1) is 0 Å². The molecule has 21 heavy (non-hydrogen) atoms. The van der Waals surface area contributed by atoms with Crippen molar-refractivity contribution in [3.05, 3.63) is 59.2 Å². The predicted molar refractivity (Wildman–Crippen MR) is 73.7 cm³/mol. The van der Waals surface area contributed by atoms with Crippen LogP contribution in [0.5, 0.6) is 0 Å². The van der Waals surface area contributed by atoms with Gasteiger partial charge < -0.3 is 5.32 Å². The molecule has 2 aromatic carbocycles. The second-order valence-corrected chi connectivity index (χ2v) is 4.74. The minimum absolute atomic E-state index is 0.0957. The summed E-state index contributed by atoms with van der Waals surface area (Å²) in [7, 11) is 0. The van der Waals surface area contributed by atoms with E-state index in [4.69, 9.17) is 0 Å². The Morgan fingerprint density at radius 1 is 0.857 bits per heavy atom. The van der Waals surface area contributed by atoms with Crippen molar-refractivity contribution in [3.8, 4) is 11.1 Å². The van der Waals surface area contributed by atoms with Crippen LogP contribution in [0.2, 0.25) is 0 Å². The molecule has 0 saturated carbocycles. The Kier molecular flexibility index (Phi) is 4.96. The SMILES string of the molecule is CCCNCc1ccc(-c2cc(F)c(F)c(F)c2)cc1F. The van der Waals surface area contributed by atoms with E-state index >= 15 is 0 Å². The molecule has 1 nitrogen and oxygen atoms in total. The molecule has 0 aliphatic rings. The molecule has 0 aromatic heterocycles. The van der Waals surface area contributed by atoms with Gasteiger partial charge in [0, 0.05) is 12.1 Å². The van der Waals surface area contributed by atoms with E-state index in [1.807, 2.05) is 6.92 Å². The Morgan fingerprint density at radius 2 is 1.48 bits per heavy atom. The van der Waals surface area contributed by atoms with Gasteiger partial charge in [-0.1, -0.05) is 19.1 Å². The highest BCUT2D eigenvalue weighted by Gasteiger charge is 2.12. The molecular weight excluding hydrogens is 282 g/mol. The second-order valence-electron chi connectivity index (χ2n) is 4.74. The average molecular weight is 297 g/mol. The van der Waals surface area contributed by atoms with Gasteiger partial charge in [0.2, 0.25) is 0 Å². The van der Waals surface area contributed by atoms with E-state index < -0.39 is 23.3 Å². The zero-order chi connectivity index (χ0) is 15.4. The first kappa shape index (κ1) is 15.5. The van der Waals surface area contributed by atoms with Gasteiger partial charge in [0.1, 0.15) is 5.82 Å². The number of halogens is 4. The summed E-state index contributed by atoms with van der Waals surface area (Å²) in [5.41, 5.74) is 0.859. The van der Waals surface area contributed by atoms with Gasteiger partial charge in [-0.25, -0.2) is 17.6 Å². The van der Waals surface area contributed by atoms with Crippen LogP contribution in [0, 0.1) is 23.3 Å². The summed E-state index contributed by atoms with van der Waals surface area (Å²) in [4.78, 5) is 0. The molecule has 0 aliphatic heterocycles. The molecule has 5 heteroatoms. The van der Waals surface area contributed by atoms with Crippen molar-refractivity contribution in [1.29, 1.82) is 0 Å². The van der Waals surface area contributed by atoms with E-state index in [-0.39, 0.29) is 5.56 Å². The van der Waals surface area contributed by atoms with Crippen molar-refractivity contribution in [2.75, 3.05) is 6.54 Å². The van der Waals surface area contributed by atoms with E-state index in [0.29, 0.717) is 17.7 Å². The zero-order valence-electron chi connectivity index (χ0n) is 11.5. The first-order valence-electron chi connectivity index (χ1n) is 6.67. The van der Waals surface area contributed by atoms with Crippen LogP contribution in [0.25, 0.3) is 11.1 Å². The summed E-state index contributed by atoms with van der Waals surface area (Å²) in [6.07, 6.45) is 0.938. The quantitative estimate of drug-likeness (QED) is 0.490. The topological polar surface area (TPSA) is 12.0 Å². The normalized spacial score (nSPS) is 10.9. The molecule has 0 amide bonds. The Morgan fingerprint density at radius 3 is 2.05 bits per heavy atom. The number of hydrogen-bond acceptors (Lipinski definition) is 1. The smallest absolute Gasteiger partial charge is 0.194 e. The third-order valence-electron chi connectivity index (χ3n) is 3.11. The van der Waals surface area contributed by atoms with E-state index in [9.17, 15) is 17.6 Å². The molecule has 0 radical (unpaired) electrons. The lowest BCUT2D eigenvalue weighted by Crippen LogP contribution is -2.14. The van der Waals surface area contributed by atoms with Crippen LogP contribution in [0.1, 0.15) is 18.9 Å². The van der Waals surface area contributed by atoms with Crippen LogP contribution in [-0.4, -0.2) is 6.54 Å². The van der Waals surface area contributed by atoms with Crippen molar-refractivity contribution < 1.29 is 17.6 Å². The Labute approximate surface area is 120 Å². The predicted octanol–water partition coefficient (Wildman–Crippen LogP) is 4.41. The molecule has 2 aromatic rings. The summed E-state index contributed by atoms with van der Waals surface area (Å²) in [5, 5.41) is 3.07. The number of hydrogen-bond donors (Lipinski definition) is 1. The van der Waals surface area contributed by atoms with Crippen molar-refractivity contribution in [3.63, 3.8) is 0 Å². The fourth-order valence-electron chi connectivity index (χ4n) is 1.99. The summed E-state index contributed by atoms with van der Waals surface area (Å²) in [6.45, 7) is 3.16. The van der Waals surface area contributed by atoms with Gasteiger partial charge in [0.15, 0.2) is 17.5 Å². The van der Waals surface area contributed by atoms with Gasteiger partial charge in [-0.3, -0.25) is 0 Å². The van der Waals surface area contributed by atoms with Crippen LogP contribution in [-0.2, 0) is 6.54 Å². The van der Waals surface area contributed by atoms with Crippen LogP contribution < -0.4 is 5.32 Å². The third kappa shape index (κ3) is 3.61. The summed E-state index contributed by atoms with van der Waals surface area (Å²) in [6, 6.07) is 5.99. The van der Waals surface area contributed by atoms with Crippen molar-refractivity contribution in [2.45, 2.75) is 19.9 Å². The Balaban J connectivity index is 2.27. The summed E-state index contributed by atoms with van der Waals surface area (Å²) in [5.74, 6) is -4.58. The lowest BCUT2D eigenvalue weighted by molar-refractivity contribution is 0.447. The van der Waals surface area contributed by atoms with Gasteiger partial charge in [-0.15, -0.1) is 0 Å². The molecule has 0 saturated heterocycles. The maximum atomic E-state index is 13.9. The maximum absolute atomic E-state index is 13.9. The van der Waals surface area contributed by atoms with Gasteiger partial charge in [-0.2, -0.15) is 0 Å². The van der Waals surface area contributed by atoms with Crippen LogP contribution in [0.15, 0.2) is 30.3 Å². The number of nitrogens with one attached hydrogen (secondary N) is 1. The summed E-state index contributed by atoms with van der Waals surface area (Å²) >= 11 is 0. The molecule has 2 rings (SSSR count). The molecule has 1 N–H and O–H groups in total. The first-order valence-corrected chi connectivity index (χ1v) is 6.67. The summed E-state index contributed by atoms with van der Waals surface area (Å²) < 4.78 is 53.2. The maximum Gasteiger partial charge on any atom is 0.194 e. The molecule has 0 fully saturated rings. The molecular formula is C16H15F4N. The monoisotopic (exact) mass is 297 g/mol. The highest BCUT2D eigenvalue weighted by Crippen LogP contribution is 2.25. The molecule has 0 spiro atoms. The zero-order valence-corrected chi connectivity index (χ0v) is 11.5. The minimum Gasteiger partial charge on any atom is -0.313 e. The van der Waals surface area contributed by atoms with E-state index in [1.165, 1.54) is 6.07 Å². The van der Waals surface area contributed by atoms with Crippen LogP contribution in [0.3, 0.4) is 0 Å². The van der Waals surface area contributed by atoms with Crippen molar-refractivity contribution >= 4 is 0 Å². The lowest BCUT2D eigenvalue weighted by Gasteiger charge is -2.08. The standard InChI is InChI=1S/C16H15F4N/c1-2-5-21-9-11-4-3-10(6-13(11)17)12-7-14(18)16(20)15(19)8-12/h3-4,6-8,21H,2,5,9H2,1H3. The Bertz CT molecular complexity index is 617. The number of rotatable bonds is 5. The van der Waals surface area contributed by atoms with Crippen molar-refractivity contribution in [2.24, 2.45) is 0 Å². The van der Waals surface area contributed by atoms with Gasteiger partial charge in [-0.05, 0) is 42.3 Å². The van der Waals surface area contributed by atoms with E-state index in [2.05, 4.69) is 5.32 Å². The molecule has 0 aliphatic carbocycles. The van der Waals surface area contributed by atoms with Gasteiger partial charge >= 0.3 is 0 Å². The molecule has 0 bridgehead atoms. The van der Waals surface area contributed by atoms with Crippen LogP contribution in [0.4, 0.5) is 17.6 Å². The first-order chi connectivity index (χ1) is 10.0. The van der Waals surface area contributed by atoms with E-state index in [1.54, 1.807) is 12.1 Å². The Hall–Kier alpha value is -1.88. The number of benzene rings is 2. The third-order valence-corrected chi connectivity index (χ3v) is 3.11. The second kappa shape index (κ2) is 6.72. The van der Waals surface area contributed by atoms with Crippen LogP contribution >= 0.6 is 0 Å². The fraction of sp³-hybridized carbons (Fsp3) is 0.250. The van der Waals surface area contributed by atoms with E-state index in [0.717, 1.165) is 25.1 Å². The molecule has 112 valence electrons. The fourth-order valence-corrected chi connectivity index (χ4v) is 1.99. The average Bonchev–Trinajstić information content (AvgIpc) is 2.46. The highest BCUT2D eigenvalue weighted by atomic mass is 19.2. The van der Waals surface area contributed by atoms with Gasteiger partial charge in [0.25, 0.3) is 0 Å². The molecule has 0 atom stereocenters.